The number of fused-ring (bicyclic) bond motifs is 1. The molecule has 4 heterocycles. The third-order valence-corrected chi connectivity index (χ3v) is 7.66. The van der Waals surface area contributed by atoms with E-state index in [1.54, 1.807) is 12.3 Å². The van der Waals surface area contributed by atoms with Gasteiger partial charge in [-0.15, -0.1) is 0 Å². The molecule has 1 aliphatic heterocycles. The number of hydrogen-bond donors (Lipinski definition) is 2. The number of aromatic nitrogens is 3. The molecule has 0 bridgehead atoms. The van der Waals surface area contributed by atoms with Crippen molar-refractivity contribution in [3.05, 3.63) is 78.1 Å². The average Bonchev–Trinajstić information content (AvgIpc) is 2.95. The Morgan fingerprint density at radius 3 is 2.65 bits per heavy atom. The van der Waals surface area contributed by atoms with Crippen molar-refractivity contribution in [2.45, 2.75) is 30.2 Å². The van der Waals surface area contributed by atoms with Gasteiger partial charge in [0, 0.05) is 29.7 Å². The number of halogens is 2. The standard InChI is InChI=1S/C27H24F2N6O4S/c1-16-14-35(15-25(36)32-16)24-7-3-6-21(34-24)22-9-8-18-12-30-19(11-23(18)33-22)13-31-26(37)17-4-2-5-20(10-17)40(38,39)27(28)29/h2-12,16,27H,13-15H2,1H3,(H,31,37)(H,32,36)/t16-/m0/s1. The molecule has 1 atom stereocenters. The van der Waals surface area contributed by atoms with Crippen LogP contribution in [0, 0.1) is 0 Å². The number of amides is 2. The van der Waals surface area contributed by atoms with E-state index in [9.17, 15) is 26.8 Å². The molecule has 0 unspecified atom stereocenters. The van der Waals surface area contributed by atoms with Crippen LogP contribution < -0.4 is 15.5 Å². The lowest BCUT2D eigenvalue weighted by molar-refractivity contribution is -0.121. The van der Waals surface area contributed by atoms with Gasteiger partial charge in [0.05, 0.1) is 40.6 Å². The van der Waals surface area contributed by atoms with Crippen molar-refractivity contribution >= 4 is 38.4 Å². The van der Waals surface area contributed by atoms with E-state index in [0.717, 1.165) is 17.5 Å². The van der Waals surface area contributed by atoms with Gasteiger partial charge in [0.25, 0.3) is 5.91 Å². The van der Waals surface area contributed by atoms with E-state index >= 15 is 0 Å². The summed E-state index contributed by atoms with van der Waals surface area (Å²) in [6.07, 6.45) is 1.61. The molecule has 0 radical (unpaired) electrons. The summed E-state index contributed by atoms with van der Waals surface area (Å²) in [6, 6.07) is 15.4. The second kappa shape index (κ2) is 10.9. The first-order valence-corrected chi connectivity index (χ1v) is 13.8. The fourth-order valence-electron chi connectivity index (χ4n) is 4.34. The molecule has 0 spiro atoms. The molecular weight excluding hydrogens is 542 g/mol. The smallest absolute Gasteiger partial charge is 0.341 e. The maximum Gasteiger partial charge on any atom is 0.341 e. The lowest BCUT2D eigenvalue weighted by atomic mass is 10.1. The summed E-state index contributed by atoms with van der Waals surface area (Å²) < 4.78 is 49.2. The number of nitrogens with zero attached hydrogens (tertiary/aromatic N) is 4. The van der Waals surface area contributed by atoms with Gasteiger partial charge in [-0.1, -0.05) is 12.1 Å². The quantitative estimate of drug-likeness (QED) is 0.349. The summed E-state index contributed by atoms with van der Waals surface area (Å²) in [4.78, 5) is 39.6. The van der Waals surface area contributed by atoms with Crippen molar-refractivity contribution in [2.75, 3.05) is 18.0 Å². The molecule has 0 saturated carbocycles. The van der Waals surface area contributed by atoms with Gasteiger partial charge >= 0.3 is 5.76 Å². The number of alkyl halides is 2. The molecule has 1 aliphatic rings. The summed E-state index contributed by atoms with van der Waals surface area (Å²) in [5.74, 6) is -3.62. The first-order chi connectivity index (χ1) is 19.1. The van der Waals surface area contributed by atoms with E-state index in [2.05, 4.69) is 15.6 Å². The van der Waals surface area contributed by atoms with Crippen LogP contribution in [-0.4, -0.2) is 60.1 Å². The van der Waals surface area contributed by atoms with Gasteiger partial charge in [0.1, 0.15) is 5.82 Å². The number of nitrogens with one attached hydrogen (secondary N) is 2. The van der Waals surface area contributed by atoms with Gasteiger partial charge in [-0.3, -0.25) is 14.6 Å². The van der Waals surface area contributed by atoms with Gasteiger partial charge in [0.2, 0.25) is 15.7 Å². The Bertz CT molecular complexity index is 1720. The molecule has 10 nitrogen and oxygen atoms in total. The fraction of sp³-hybridized carbons (Fsp3) is 0.222. The third-order valence-electron chi connectivity index (χ3n) is 6.28. The normalized spacial score (nSPS) is 15.8. The van der Waals surface area contributed by atoms with Crippen molar-refractivity contribution in [1.29, 1.82) is 0 Å². The van der Waals surface area contributed by atoms with Crippen LogP contribution in [0.5, 0.6) is 0 Å². The van der Waals surface area contributed by atoms with Gasteiger partial charge in [-0.25, -0.2) is 18.4 Å². The topological polar surface area (TPSA) is 134 Å². The average molecular weight is 567 g/mol. The van der Waals surface area contributed by atoms with E-state index in [0.29, 0.717) is 35.0 Å². The molecule has 2 N–H and O–H groups in total. The minimum Gasteiger partial charge on any atom is -0.350 e. The number of rotatable bonds is 7. The first kappa shape index (κ1) is 27.1. The summed E-state index contributed by atoms with van der Waals surface area (Å²) >= 11 is 0. The predicted octanol–water partition coefficient (Wildman–Crippen LogP) is 2.94. The van der Waals surface area contributed by atoms with Crippen molar-refractivity contribution < 1.29 is 26.8 Å². The van der Waals surface area contributed by atoms with Crippen LogP contribution in [0.3, 0.4) is 0 Å². The number of hydrogen-bond acceptors (Lipinski definition) is 8. The molecule has 13 heteroatoms. The molecule has 0 aliphatic carbocycles. The lowest BCUT2D eigenvalue weighted by Crippen LogP contribution is -2.53. The lowest BCUT2D eigenvalue weighted by Gasteiger charge is -2.32. The van der Waals surface area contributed by atoms with Gasteiger partial charge in [-0.2, -0.15) is 8.78 Å². The number of pyridine rings is 3. The Morgan fingerprint density at radius 1 is 1.10 bits per heavy atom. The maximum absolute atomic E-state index is 12.9. The molecule has 2 amide bonds. The number of piperazine rings is 1. The number of carbonyl (C=O) groups is 2. The van der Waals surface area contributed by atoms with Crippen molar-refractivity contribution in [2.24, 2.45) is 0 Å². The summed E-state index contributed by atoms with van der Waals surface area (Å²) in [5.41, 5.74) is 2.26. The van der Waals surface area contributed by atoms with Crippen molar-refractivity contribution in [3.63, 3.8) is 0 Å². The van der Waals surface area contributed by atoms with E-state index in [1.165, 1.54) is 12.1 Å². The molecule has 1 fully saturated rings. The van der Waals surface area contributed by atoms with E-state index in [4.69, 9.17) is 9.97 Å². The molecule has 206 valence electrons. The summed E-state index contributed by atoms with van der Waals surface area (Å²) in [6.45, 7) is 2.79. The van der Waals surface area contributed by atoms with Crippen LogP contribution in [0.4, 0.5) is 14.6 Å². The fourth-order valence-corrected chi connectivity index (χ4v) is 5.10. The van der Waals surface area contributed by atoms with Crippen LogP contribution in [0.25, 0.3) is 22.3 Å². The number of benzene rings is 1. The zero-order valence-electron chi connectivity index (χ0n) is 21.2. The summed E-state index contributed by atoms with van der Waals surface area (Å²) in [5, 5.41) is 6.27. The van der Waals surface area contributed by atoms with E-state index < -0.39 is 26.4 Å². The molecule has 1 saturated heterocycles. The van der Waals surface area contributed by atoms with E-state index in [1.807, 2.05) is 42.2 Å². The monoisotopic (exact) mass is 566 g/mol. The van der Waals surface area contributed by atoms with Crippen molar-refractivity contribution in [3.8, 4) is 11.4 Å². The zero-order valence-corrected chi connectivity index (χ0v) is 22.0. The second-order valence-electron chi connectivity index (χ2n) is 9.31. The van der Waals surface area contributed by atoms with Crippen LogP contribution >= 0.6 is 0 Å². The van der Waals surface area contributed by atoms with Crippen molar-refractivity contribution in [1.82, 2.24) is 25.6 Å². The molecule has 40 heavy (non-hydrogen) atoms. The van der Waals surface area contributed by atoms with Gasteiger partial charge in [0.15, 0.2) is 0 Å². The number of sulfone groups is 1. The highest BCUT2D eigenvalue weighted by molar-refractivity contribution is 7.91. The second-order valence-corrected chi connectivity index (χ2v) is 11.2. The highest BCUT2D eigenvalue weighted by atomic mass is 32.2. The minimum absolute atomic E-state index is 0.00451. The highest BCUT2D eigenvalue weighted by Crippen LogP contribution is 2.23. The third kappa shape index (κ3) is 5.73. The highest BCUT2D eigenvalue weighted by Gasteiger charge is 2.27. The van der Waals surface area contributed by atoms with Gasteiger partial charge in [-0.05, 0) is 55.5 Å². The zero-order chi connectivity index (χ0) is 28.4. The predicted molar refractivity (Wildman–Crippen MR) is 143 cm³/mol. The van der Waals surface area contributed by atoms with Crippen LogP contribution in [-0.2, 0) is 21.2 Å². The Kier molecular flexibility index (Phi) is 7.39. The van der Waals surface area contributed by atoms with Crippen LogP contribution in [0.15, 0.2) is 71.8 Å². The maximum atomic E-state index is 12.9. The Morgan fingerprint density at radius 2 is 1.88 bits per heavy atom. The first-order valence-electron chi connectivity index (χ1n) is 12.3. The molecule has 1 aromatic carbocycles. The number of anilines is 1. The SMILES string of the molecule is C[C@H]1CN(c2cccc(-c3ccc4cnc(CNC(=O)c5cccc(S(=O)(=O)C(F)F)c5)cc4n3)n2)CC(=O)N1. The Labute approximate surface area is 228 Å². The van der Waals surface area contributed by atoms with Gasteiger partial charge < -0.3 is 15.5 Å². The molecule has 3 aromatic heterocycles. The molecular formula is C27H24F2N6O4S. The van der Waals surface area contributed by atoms with E-state index in [-0.39, 0.29) is 30.6 Å². The van der Waals surface area contributed by atoms with Crippen LogP contribution in [0.1, 0.15) is 23.0 Å². The largest absolute Gasteiger partial charge is 0.350 e. The summed E-state index contributed by atoms with van der Waals surface area (Å²) in [7, 11) is -4.83. The Hall–Kier alpha value is -4.52. The molecule has 4 aromatic rings. The van der Waals surface area contributed by atoms with Crippen LogP contribution in [0.2, 0.25) is 0 Å². The number of carbonyl (C=O) groups excluding carboxylic acids is 2. The Balaban J connectivity index is 1.33. The molecule has 5 rings (SSSR count). The minimum atomic E-state index is -4.83.